The molecule has 0 spiro atoms. The predicted molar refractivity (Wildman–Crippen MR) is 66.0 cm³/mol. The molecule has 8 heteroatoms. The van der Waals surface area contributed by atoms with Crippen LogP contribution in [-0.2, 0) is 9.47 Å². The number of nitrogen functional groups attached to an aromatic ring is 1. The van der Waals surface area contributed by atoms with E-state index in [1.54, 1.807) is 14.2 Å². The first kappa shape index (κ1) is 13.9. The summed E-state index contributed by atoms with van der Waals surface area (Å²) in [4.78, 5) is 7.94. The number of methoxy groups -OCH3 is 2. The average molecular weight is 262 g/mol. The van der Waals surface area contributed by atoms with Gasteiger partial charge < -0.3 is 14.8 Å². The van der Waals surface area contributed by atoms with Gasteiger partial charge >= 0.3 is 0 Å². The van der Waals surface area contributed by atoms with Gasteiger partial charge in [0, 0.05) is 20.8 Å². The zero-order valence-electron chi connectivity index (χ0n) is 9.74. The Morgan fingerprint density at radius 1 is 1.53 bits per heavy atom. The maximum Gasteiger partial charge on any atom is 0.239 e. The SMILES string of the molecule is COCC(CNc1nc(NN)ncc1Cl)OC. The molecule has 1 aromatic rings. The topological polar surface area (TPSA) is 94.3 Å². The van der Waals surface area contributed by atoms with E-state index in [1.807, 2.05) is 0 Å². The highest BCUT2D eigenvalue weighted by Gasteiger charge is 2.09. The maximum atomic E-state index is 5.93. The van der Waals surface area contributed by atoms with Crippen LogP contribution >= 0.6 is 11.6 Å². The highest BCUT2D eigenvalue weighted by atomic mass is 35.5. The Hall–Kier alpha value is -1.15. The van der Waals surface area contributed by atoms with Gasteiger partial charge in [-0.2, -0.15) is 4.98 Å². The fraction of sp³-hybridized carbons (Fsp3) is 0.556. The standard InChI is InChI=1S/C9H16ClN5O2/c1-16-5-6(17-2)3-12-8-7(10)4-13-9(14-8)15-11/h4,6H,3,5,11H2,1-2H3,(H2,12,13,14,15). The highest BCUT2D eigenvalue weighted by Crippen LogP contribution is 2.18. The second-order valence-electron chi connectivity index (χ2n) is 3.23. The molecule has 0 radical (unpaired) electrons. The van der Waals surface area contributed by atoms with Crippen molar-refractivity contribution < 1.29 is 9.47 Å². The van der Waals surface area contributed by atoms with Gasteiger partial charge in [0.05, 0.1) is 18.9 Å². The molecule has 0 aliphatic carbocycles. The van der Waals surface area contributed by atoms with Crippen LogP contribution in [0.1, 0.15) is 0 Å². The Morgan fingerprint density at radius 2 is 2.29 bits per heavy atom. The van der Waals surface area contributed by atoms with Gasteiger partial charge in [-0.15, -0.1) is 0 Å². The Kier molecular flexibility index (Phi) is 5.92. The number of nitrogens with two attached hydrogens (primary N) is 1. The number of hydrazine groups is 1. The molecule has 0 aliphatic rings. The Balaban J connectivity index is 2.60. The predicted octanol–water partition coefficient (Wildman–Crippen LogP) is 0.489. The largest absolute Gasteiger partial charge is 0.382 e. The molecule has 96 valence electrons. The van der Waals surface area contributed by atoms with Crippen molar-refractivity contribution in [3.8, 4) is 0 Å². The lowest BCUT2D eigenvalue weighted by molar-refractivity contribution is 0.0365. The summed E-state index contributed by atoms with van der Waals surface area (Å²) in [5.74, 6) is 5.99. The first-order valence-electron chi connectivity index (χ1n) is 4.96. The summed E-state index contributed by atoms with van der Waals surface area (Å²) < 4.78 is 10.2. The van der Waals surface area contributed by atoms with Gasteiger partial charge in [-0.25, -0.2) is 10.8 Å². The van der Waals surface area contributed by atoms with Gasteiger partial charge in [0.15, 0.2) is 5.82 Å². The van der Waals surface area contributed by atoms with Gasteiger partial charge in [-0.05, 0) is 0 Å². The van der Waals surface area contributed by atoms with Crippen LogP contribution < -0.4 is 16.6 Å². The van der Waals surface area contributed by atoms with Crippen LogP contribution in [0.5, 0.6) is 0 Å². The normalized spacial score (nSPS) is 12.2. The number of hydrogen-bond donors (Lipinski definition) is 3. The molecule has 0 amide bonds. The third kappa shape index (κ3) is 4.31. The molecule has 0 fully saturated rings. The molecule has 4 N–H and O–H groups in total. The van der Waals surface area contributed by atoms with Crippen molar-refractivity contribution in [1.82, 2.24) is 9.97 Å². The van der Waals surface area contributed by atoms with Gasteiger partial charge in [0.25, 0.3) is 0 Å². The minimum atomic E-state index is -0.0830. The number of nitrogens with zero attached hydrogens (tertiary/aromatic N) is 2. The van der Waals surface area contributed by atoms with Crippen LogP contribution in [0.25, 0.3) is 0 Å². The summed E-state index contributed by atoms with van der Waals surface area (Å²) in [6.45, 7) is 0.999. The number of hydrogen-bond acceptors (Lipinski definition) is 7. The van der Waals surface area contributed by atoms with Crippen molar-refractivity contribution >= 4 is 23.4 Å². The van der Waals surface area contributed by atoms with Crippen LogP contribution in [0.3, 0.4) is 0 Å². The quantitative estimate of drug-likeness (QED) is 0.486. The van der Waals surface area contributed by atoms with E-state index in [1.165, 1.54) is 6.20 Å². The minimum absolute atomic E-state index is 0.0830. The number of ether oxygens (including phenoxy) is 2. The fourth-order valence-corrected chi connectivity index (χ4v) is 1.33. The summed E-state index contributed by atoms with van der Waals surface area (Å²) in [5.41, 5.74) is 2.34. The van der Waals surface area contributed by atoms with Crippen molar-refractivity contribution in [3.63, 3.8) is 0 Å². The molecule has 1 atom stereocenters. The number of nitrogens with one attached hydrogen (secondary N) is 2. The molecule has 0 saturated carbocycles. The van der Waals surface area contributed by atoms with Crippen molar-refractivity contribution in [3.05, 3.63) is 11.2 Å². The third-order valence-electron chi connectivity index (χ3n) is 2.06. The van der Waals surface area contributed by atoms with Crippen molar-refractivity contribution in [2.24, 2.45) is 5.84 Å². The Labute approximate surface area is 105 Å². The first-order valence-corrected chi connectivity index (χ1v) is 5.33. The summed E-state index contributed by atoms with van der Waals surface area (Å²) in [6, 6.07) is 0. The lowest BCUT2D eigenvalue weighted by Gasteiger charge is -2.16. The summed E-state index contributed by atoms with van der Waals surface area (Å²) in [6.07, 6.45) is 1.38. The fourth-order valence-electron chi connectivity index (χ4n) is 1.17. The average Bonchev–Trinajstić information content (AvgIpc) is 2.36. The molecular formula is C9H16ClN5O2. The zero-order chi connectivity index (χ0) is 12.7. The number of anilines is 2. The van der Waals surface area contributed by atoms with E-state index in [0.717, 1.165) is 0 Å². The number of rotatable bonds is 7. The summed E-state index contributed by atoms with van der Waals surface area (Å²) >= 11 is 5.93. The summed E-state index contributed by atoms with van der Waals surface area (Å²) in [5, 5.41) is 3.45. The van der Waals surface area contributed by atoms with Gasteiger partial charge in [-0.1, -0.05) is 11.6 Å². The van der Waals surface area contributed by atoms with Crippen molar-refractivity contribution in [2.75, 3.05) is 38.1 Å². The van der Waals surface area contributed by atoms with Gasteiger partial charge in [0.1, 0.15) is 5.02 Å². The van der Waals surface area contributed by atoms with Crippen molar-refractivity contribution in [1.29, 1.82) is 0 Å². The van der Waals surface area contributed by atoms with Gasteiger partial charge in [-0.3, -0.25) is 5.43 Å². The second kappa shape index (κ2) is 7.23. The molecule has 1 unspecified atom stereocenters. The monoisotopic (exact) mass is 261 g/mol. The highest BCUT2D eigenvalue weighted by molar-refractivity contribution is 6.32. The van der Waals surface area contributed by atoms with E-state index in [0.29, 0.717) is 24.0 Å². The van der Waals surface area contributed by atoms with E-state index < -0.39 is 0 Å². The maximum absolute atomic E-state index is 5.93. The second-order valence-corrected chi connectivity index (χ2v) is 3.64. The number of aromatic nitrogens is 2. The molecule has 7 nitrogen and oxygen atoms in total. The van der Waals surface area contributed by atoms with Crippen LogP contribution in [0.2, 0.25) is 5.02 Å². The lowest BCUT2D eigenvalue weighted by Crippen LogP contribution is -2.27. The molecule has 0 aromatic carbocycles. The lowest BCUT2D eigenvalue weighted by atomic mass is 10.3. The molecule has 1 heterocycles. The third-order valence-corrected chi connectivity index (χ3v) is 2.33. The van der Waals surface area contributed by atoms with E-state index in [2.05, 4.69) is 20.7 Å². The van der Waals surface area contributed by atoms with E-state index in [-0.39, 0.29) is 12.1 Å². The van der Waals surface area contributed by atoms with Crippen LogP contribution in [-0.4, -0.2) is 43.4 Å². The first-order chi connectivity index (χ1) is 8.21. The molecule has 0 bridgehead atoms. The Bertz CT molecular complexity index is 352. The van der Waals surface area contributed by atoms with E-state index in [9.17, 15) is 0 Å². The molecular weight excluding hydrogens is 246 g/mol. The van der Waals surface area contributed by atoms with Crippen LogP contribution in [0.15, 0.2) is 6.20 Å². The molecule has 1 aromatic heterocycles. The number of halogens is 1. The van der Waals surface area contributed by atoms with Crippen molar-refractivity contribution in [2.45, 2.75) is 6.10 Å². The van der Waals surface area contributed by atoms with Gasteiger partial charge in [0.2, 0.25) is 5.95 Å². The molecule has 17 heavy (non-hydrogen) atoms. The Morgan fingerprint density at radius 3 is 2.88 bits per heavy atom. The molecule has 1 rings (SSSR count). The van der Waals surface area contributed by atoms with Crippen LogP contribution in [0.4, 0.5) is 11.8 Å². The van der Waals surface area contributed by atoms with Crippen LogP contribution in [0, 0.1) is 0 Å². The smallest absolute Gasteiger partial charge is 0.239 e. The van der Waals surface area contributed by atoms with E-state index in [4.69, 9.17) is 26.9 Å². The molecule has 0 aliphatic heterocycles. The summed E-state index contributed by atoms with van der Waals surface area (Å²) in [7, 11) is 3.22. The minimum Gasteiger partial charge on any atom is -0.382 e. The van der Waals surface area contributed by atoms with E-state index >= 15 is 0 Å². The zero-order valence-corrected chi connectivity index (χ0v) is 10.5. The molecule has 0 saturated heterocycles.